The van der Waals surface area contributed by atoms with Gasteiger partial charge in [0.2, 0.25) is 0 Å². The van der Waals surface area contributed by atoms with Crippen LogP contribution >= 0.6 is 0 Å². The summed E-state index contributed by atoms with van der Waals surface area (Å²) >= 11 is 0. The number of fused-ring (bicyclic) bond motifs is 1. The van der Waals surface area contributed by atoms with Crippen LogP contribution in [0, 0.1) is 0 Å². The molecule has 0 amide bonds. The number of rotatable bonds is 5. The lowest BCUT2D eigenvalue weighted by Gasteiger charge is -2.18. The van der Waals surface area contributed by atoms with E-state index in [9.17, 15) is 14.7 Å². The molecule has 1 aliphatic heterocycles. The molecule has 2 aromatic carbocycles. The van der Waals surface area contributed by atoms with Gasteiger partial charge >= 0.3 is 5.97 Å². The van der Waals surface area contributed by atoms with Crippen molar-refractivity contribution in [3.63, 3.8) is 0 Å². The highest BCUT2D eigenvalue weighted by Crippen LogP contribution is 2.31. The highest BCUT2D eigenvalue weighted by atomic mass is 16.6. The van der Waals surface area contributed by atoms with Crippen LogP contribution in [-0.4, -0.2) is 43.8 Å². The lowest BCUT2D eigenvalue weighted by molar-refractivity contribution is 0.0471. The number of phenols is 1. The minimum Gasteiger partial charge on any atom is -0.507 e. The Kier molecular flexibility index (Phi) is 4.74. The van der Waals surface area contributed by atoms with Crippen LogP contribution in [-0.2, 0) is 4.74 Å². The summed E-state index contributed by atoms with van der Waals surface area (Å²) in [7, 11) is 1.44. The number of phenolic OH excluding ortho intramolecular Hbond substituents is 1. The first kappa shape index (κ1) is 16.6. The van der Waals surface area contributed by atoms with Gasteiger partial charge in [0.05, 0.1) is 7.11 Å². The Morgan fingerprint density at radius 2 is 1.84 bits per heavy atom. The first-order valence-corrected chi connectivity index (χ1v) is 7.55. The topological polar surface area (TPSA) is 91.3 Å². The Morgan fingerprint density at radius 1 is 1.08 bits per heavy atom. The van der Waals surface area contributed by atoms with E-state index < -0.39 is 18.4 Å². The number of hydrogen-bond donors (Lipinski definition) is 1. The number of ether oxygens (including phenoxy) is 4. The van der Waals surface area contributed by atoms with Gasteiger partial charge in [0.15, 0.2) is 23.9 Å². The minimum atomic E-state index is -0.817. The van der Waals surface area contributed by atoms with Crippen LogP contribution in [0.2, 0.25) is 0 Å². The summed E-state index contributed by atoms with van der Waals surface area (Å²) in [6.45, 7) is 0.409. The second-order valence-corrected chi connectivity index (χ2v) is 5.24. The van der Waals surface area contributed by atoms with E-state index in [1.165, 1.54) is 25.3 Å². The number of methoxy groups -OCH3 is 1. The number of benzene rings is 2. The SMILES string of the molecule is COc1ccc(O)c(C(=O)OCC(=O)c2ccc3c(c2)OCCO3)c1. The molecule has 0 saturated carbocycles. The molecule has 0 atom stereocenters. The Balaban J connectivity index is 1.67. The van der Waals surface area contributed by atoms with Crippen molar-refractivity contribution in [2.45, 2.75) is 0 Å². The van der Waals surface area contributed by atoms with E-state index in [1.807, 2.05) is 0 Å². The van der Waals surface area contributed by atoms with Gasteiger partial charge in [-0.05, 0) is 36.4 Å². The summed E-state index contributed by atoms with van der Waals surface area (Å²) in [4.78, 5) is 24.3. The van der Waals surface area contributed by atoms with E-state index in [4.69, 9.17) is 18.9 Å². The second-order valence-electron chi connectivity index (χ2n) is 5.24. The molecule has 7 nitrogen and oxygen atoms in total. The molecule has 1 N–H and O–H groups in total. The Bertz CT molecular complexity index is 813. The van der Waals surface area contributed by atoms with E-state index in [-0.39, 0.29) is 11.3 Å². The zero-order valence-corrected chi connectivity index (χ0v) is 13.5. The average molecular weight is 344 g/mol. The molecule has 0 saturated heterocycles. The standard InChI is InChI=1S/C18H16O7/c1-22-12-3-4-14(19)13(9-12)18(21)25-10-15(20)11-2-5-16-17(8-11)24-7-6-23-16/h2-5,8-9,19H,6-7,10H2,1H3. The van der Waals surface area contributed by atoms with Crippen molar-refractivity contribution in [1.29, 1.82) is 0 Å². The van der Waals surface area contributed by atoms with Crippen molar-refractivity contribution in [3.05, 3.63) is 47.5 Å². The molecule has 7 heteroatoms. The fourth-order valence-electron chi connectivity index (χ4n) is 2.31. The molecule has 0 unspecified atom stereocenters. The van der Waals surface area contributed by atoms with Gasteiger partial charge in [-0.25, -0.2) is 4.79 Å². The number of Topliss-reactive ketones (excluding diaryl/α,β-unsaturated/α-hetero) is 1. The third-order valence-electron chi connectivity index (χ3n) is 3.62. The maximum atomic E-state index is 12.2. The van der Waals surface area contributed by atoms with Crippen molar-refractivity contribution < 1.29 is 33.6 Å². The number of ketones is 1. The van der Waals surface area contributed by atoms with Crippen molar-refractivity contribution in [1.82, 2.24) is 0 Å². The molecule has 0 radical (unpaired) electrons. The number of esters is 1. The summed E-state index contributed by atoms with van der Waals surface area (Å²) < 4.78 is 20.8. The van der Waals surface area contributed by atoms with Crippen LogP contribution in [0.3, 0.4) is 0 Å². The molecule has 25 heavy (non-hydrogen) atoms. The quantitative estimate of drug-likeness (QED) is 0.657. The van der Waals surface area contributed by atoms with E-state index in [0.717, 1.165) is 0 Å². The highest BCUT2D eigenvalue weighted by Gasteiger charge is 2.18. The van der Waals surface area contributed by atoms with Gasteiger partial charge in [0.1, 0.15) is 30.3 Å². The second kappa shape index (κ2) is 7.12. The smallest absolute Gasteiger partial charge is 0.342 e. The fraction of sp³-hybridized carbons (Fsp3) is 0.222. The molecule has 1 aliphatic rings. The third-order valence-corrected chi connectivity index (χ3v) is 3.62. The van der Waals surface area contributed by atoms with Gasteiger partial charge in [0.25, 0.3) is 0 Å². The van der Waals surface area contributed by atoms with E-state index in [1.54, 1.807) is 18.2 Å². The normalized spacial score (nSPS) is 12.4. The van der Waals surface area contributed by atoms with E-state index in [2.05, 4.69) is 0 Å². The zero-order valence-electron chi connectivity index (χ0n) is 13.5. The molecular weight excluding hydrogens is 328 g/mol. The van der Waals surface area contributed by atoms with Crippen LogP contribution in [0.15, 0.2) is 36.4 Å². The van der Waals surface area contributed by atoms with Crippen molar-refractivity contribution in [3.8, 4) is 23.0 Å². The van der Waals surface area contributed by atoms with Gasteiger partial charge < -0.3 is 24.1 Å². The number of carbonyl (C=O) groups is 2. The van der Waals surface area contributed by atoms with Crippen LogP contribution in [0.1, 0.15) is 20.7 Å². The Morgan fingerprint density at radius 3 is 2.60 bits per heavy atom. The third kappa shape index (κ3) is 3.65. The molecule has 130 valence electrons. The van der Waals surface area contributed by atoms with Gasteiger partial charge in [-0.1, -0.05) is 0 Å². The van der Waals surface area contributed by atoms with Crippen molar-refractivity contribution in [2.24, 2.45) is 0 Å². The summed E-state index contributed by atoms with van der Waals surface area (Å²) in [6, 6.07) is 8.93. The van der Waals surface area contributed by atoms with Gasteiger partial charge in [-0.2, -0.15) is 0 Å². The summed E-state index contributed by atoms with van der Waals surface area (Å²) in [5.41, 5.74) is 0.265. The molecule has 0 aromatic heterocycles. The average Bonchev–Trinajstić information content (AvgIpc) is 2.65. The monoisotopic (exact) mass is 344 g/mol. The van der Waals surface area contributed by atoms with Crippen molar-refractivity contribution in [2.75, 3.05) is 26.9 Å². The van der Waals surface area contributed by atoms with Gasteiger partial charge in [-0.3, -0.25) is 4.79 Å². The van der Waals surface area contributed by atoms with E-state index >= 15 is 0 Å². The lowest BCUT2D eigenvalue weighted by Crippen LogP contribution is -2.17. The predicted molar refractivity (Wildman–Crippen MR) is 86.7 cm³/mol. The Labute approximate surface area is 143 Å². The predicted octanol–water partition coefficient (Wildman–Crippen LogP) is 2.21. The number of aromatic hydroxyl groups is 1. The largest absolute Gasteiger partial charge is 0.507 e. The van der Waals surface area contributed by atoms with Crippen LogP contribution < -0.4 is 14.2 Å². The van der Waals surface area contributed by atoms with E-state index in [0.29, 0.717) is 36.0 Å². The molecule has 3 rings (SSSR count). The molecule has 0 aliphatic carbocycles. The molecule has 0 spiro atoms. The van der Waals surface area contributed by atoms with Crippen molar-refractivity contribution >= 4 is 11.8 Å². The molecule has 0 fully saturated rings. The first-order valence-electron chi connectivity index (χ1n) is 7.55. The van der Waals surface area contributed by atoms with Gasteiger partial charge in [0, 0.05) is 5.56 Å². The zero-order chi connectivity index (χ0) is 17.8. The summed E-state index contributed by atoms with van der Waals surface area (Å²) in [6.07, 6.45) is 0. The number of hydrogen-bond acceptors (Lipinski definition) is 7. The summed E-state index contributed by atoms with van der Waals surface area (Å²) in [5.74, 6) is -0.0227. The van der Waals surface area contributed by atoms with Crippen LogP contribution in [0.25, 0.3) is 0 Å². The lowest BCUT2D eigenvalue weighted by atomic mass is 10.1. The number of carbonyl (C=O) groups excluding carboxylic acids is 2. The maximum Gasteiger partial charge on any atom is 0.342 e. The van der Waals surface area contributed by atoms with Crippen LogP contribution in [0.4, 0.5) is 0 Å². The highest BCUT2D eigenvalue weighted by molar-refractivity contribution is 6.00. The fourth-order valence-corrected chi connectivity index (χ4v) is 2.31. The van der Waals surface area contributed by atoms with Crippen LogP contribution in [0.5, 0.6) is 23.0 Å². The molecule has 1 heterocycles. The molecule has 2 aromatic rings. The Hall–Kier alpha value is -3.22. The minimum absolute atomic E-state index is 0.0747. The maximum absolute atomic E-state index is 12.2. The summed E-state index contributed by atoms with van der Waals surface area (Å²) in [5, 5.41) is 9.74. The van der Waals surface area contributed by atoms with Gasteiger partial charge in [-0.15, -0.1) is 0 Å². The first-order chi connectivity index (χ1) is 12.1. The molecular formula is C18H16O7. The molecule has 0 bridgehead atoms.